The fourth-order valence-corrected chi connectivity index (χ4v) is 0.390. The Balaban J connectivity index is 3.40. The van der Waals surface area contributed by atoms with Crippen LogP contribution < -0.4 is 0 Å². The van der Waals surface area contributed by atoms with Gasteiger partial charge >= 0.3 is 0 Å². The minimum absolute atomic E-state index is 1.63. The van der Waals surface area contributed by atoms with Gasteiger partial charge in [-0.3, -0.25) is 0 Å². The van der Waals surface area contributed by atoms with E-state index in [1.54, 1.807) is 23.9 Å². The van der Waals surface area contributed by atoms with Crippen molar-refractivity contribution in [1.82, 2.24) is 0 Å². The zero-order chi connectivity index (χ0) is 5.54. The van der Waals surface area contributed by atoms with Crippen molar-refractivity contribution in [2.45, 2.75) is 0 Å². The molecule has 0 fully saturated rings. The zero-order valence-corrected chi connectivity index (χ0v) is 5.16. The molecular weight excluding hydrogens is 104 g/mol. The second-order valence-electron chi connectivity index (χ2n) is 0.923. The molecule has 0 N–H and O–H groups in total. The average Bonchev–Trinajstić information content (AvgIpc) is 1.69. The van der Waals surface area contributed by atoms with Crippen molar-refractivity contribution in [3.05, 3.63) is 29.9 Å². The van der Waals surface area contributed by atoms with E-state index in [0.29, 0.717) is 0 Å². The van der Waals surface area contributed by atoms with E-state index in [0.717, 1.165) is 0 Å². The van der Waals surface area contributed by atoms with Crippen LogP contribution in [0.3, 0.4) is 0 Å². The molecule has 0 spiro atoms. The van der Waals surface area contributed by atoms with Gasteiger partial charge in [0.15, 0.2) is 0 Å². The molecule has 0 unspecified atom stereocenters. The first kappa shape index (κ1) is 6.61. The summed E-state index contributed by atoms with van der Waals surface area (Å²) in [6, 6.07) is 0. The molecule has 0 rings (SSSR count). The molecule has 0 amide bonds. The Bertz CT molecular complexity index is 96.7. The molecule has 0 aliphatic rings. The van der Waals surface area contributed by atoms with E-state index in [1.165, 1.54) is 0 Å². The lowest BCUT2D eigenvalue weighted by atomic mass is 10.6. The lowest BCUT2D eigenvalue weighted by Gasteiger charge is -1.64. The van der Waals surface area contributed by atoms with Crippen LogP contribution in [0.25, 0.3) is 0 Å². The summed E-state index contributed by atoms with van der Waals surface area (Å²) in [5.74, 6) is 0. The number of hydrogen-bond acceptors (Lipinski definition) is 1. The van der Waals surface area contributed by atoms with E-state index < -0.39 is 0 Å². The Hall–Kier alpha value is -0.390. The van der Waals surface area contributed by atoms with Gasteiger partial charge in [0, 0.05) is 5.41 Å². The Labute approximate surface area is 48.6 Å². The monoisotopic (exact) mass is 112 g/mol. The van der Waals surface area contributed by atoms with Crippen molar-refractivity contribution >= 4 is 11.8 Å². The van der Waals surface area contributed by atoms with Crippen LogP contribution in [0.4, 0.5) is 0 Å². The second-order valence-corrected chi connectivity index (χ2v) is 1.63. The molecule has 0 aromatic heterocycles. The molecule has 0 nitrogen and oxygen atoms in total. The zero-order valence-electron chi connectivity index (χ0n) is 4.35. The molecule has 0 aromatic rings. The topological polar surface area (TPSA) is 0 Å². The van der Waals surface area contributed by atoms with Crippen LogP contribution in [0.2, 0.25) is 0 Å². The van der Waals surface area contributed by atoms with Gasteiger partial charge in [-0.15, -0.1) is 17.5 Å². The Morgan fingerprint density at radius 2 is 2.43 bits per heavy atom. The van der Waals surface area contributed by atoms with Gasteiger partial charge in [0.25, 0.3) is 0 Å². The van der Waals surface area contributed by atoms with Crippen LogP contribution in [0.5, 0.6) is 0 Å². The highest BCUT2D eigenvalue weighted by molar-refractivity contribution is 8.01. The molecule has 0 atom stereocenters. The first-order valence-corrected chi connectivity index (χ1v) is 3.25. The molecular formula is C6H8S. The Kier molecular flexibility index (Phi) is 5.30. The predicted molar refractivity (Wildman–Crippen MR) is 36.4 cm³/mol. The third kappa shape index (κ3) is 5.61. The molecule has 0 saturated carbocycles. The van der Waals surface area contributed by atoms with Gasteiger partial charge in [-0.2, -0.15) is 0 Å². The number of hydrogen-bond donors (Lipinski definition) is 0. The number of rotatable bonds is 2. The molecule has 0 saturated heterocycles. The summed E-state index contributed by atoms with van der Waals surface area (Å²) in [6.07, 6.45) is 5.47. The van der Waals surface area contributed by atoms with Crippen LogP contribution >= 0.6 is 11.8 Å². The molecule has 0 aliphatic heterocycles. The van der Waals surface area contributed by atoms with Crippen molar-refractivity contribution in [3.8, 4) is 0 Å². The van der Waals surface area contributed by atoms with E-state index >= 15 is 0 Å². The lowest BCUT2D eigenvalue weighted by Crippen LogP contribution is -1.36. The molecule has 0 radical (unpaired) electrons. The van der Waals surface area contributed by atoms with Crippen molar-refractivity contribution in [2.24, 2.45) is 0 Å². The summed E-state index contributed by atoms with van der Waals surface area (Å²) in [4.78, 5) is 0. The normalized spacial score (nSPS) is 6.43. The van der Waals surface area contributed by atoms with Gasteiger partial charge in [-0.05, 0) is 12.3 Å². The molecule has 0 aromatic carbocycles. The largest absolute Gasteiger partial charge is 0.129 e. The van der Waals surface area contributed by atoms with E-state index in [4.69, 9.17) is 0 Å². The number of allylic oxidation sites excluding steroid dienone is 2. The van der Waals surface area contributed by atoms with Crippen molar-refractivity contribution in [1.29, 1.82) is 0 Å². The van der Waals surface area contributed by atoms with Gasteiger partial charge in [-0.1, -0.05) is 12.7 Å². The fourth-order valence-electron chi connectivity index (χ4n) is 0.175. The van der Waals surface area contributed by atoms with Gasteiger partial charge in [0.2, 0.25) is 0 Å². The summed E-state index contributed by atoms with van der Waals surface area (Å²) in [5.41, 5.74) is 2.88. The summed E-state index contributed by atoms with van der Waals surface area (Å²) in [7, 11) is 0. The maximum atomic E-state index is 3.49. The van der Waals surface area contributed by atoms with Crippen LogP contribution in [0, 0.1) is 0 Å². The lowest BCUT2D eigenvalue weighted by molar-refractivity contribution is 2.09. The quantitative estimate of drug-likeness (QED) is 0.390. The molecule has 38 valence electrons. The first-order valence-electron chi connectivity index (χ1n) is 1.96. The molecule has 0 bridgehead atoms. The first-order chi connectivity index (χ1) is 3.41. The van der Waals surface area contributed by atoms with E-state index in [2.05, 4.69) is 12.3 Å². The van der Waals surface area contributed by atoms with Crippen LogP contribution in [-0.2, 0) is 0 Å². The summed E-state index contributed by atoms with van der Waals surface area (Å²) >= 11 is 1.63. The summed E-state index contributed by atoms with van der Waals surface area (Å²) in [5, 5.41) is 1.88. The molecule has 1 heteroatoms. The highest BCUT2D eigenvalue weighted by Gasteiger charge is 1.53. The third-order valence-corrected chi connectivity index (χ3v) is 0.772. The van der Waals surface area contributed by atoms with Crippen LogP contribution in [-0.4, -0.2) is 6.26 Å². The fraction of sp³-hybridized carbons (Fsp3) is 0.167. The molecule has 0 heterocycles. The van der Waals surface area contributed by atoms with Crippen molar-refractivity contribution in [3.63, 3.8) is 0 Å². The smallest absolute Gasteiger partial charge is 0.0126 e. The van der Waals surface area contributed by atoms with Gasteiger partial charge in [0.05, 0.1) is 0 Å². The summed E-state index contributed by atoms with van der Waals surface area (Å²) in [6.45, 7) is 3.49. The maximum Gasteiger partial charge on any atom is 0.0126 e. The highest BCUT2D eigenvalue weighted by Crippen LogP contribution is 1.88. The van der Waals surface area contributed by atoms with Crippen molar-refractivity contribution < 1.29 is 0 Å². The van der Waals surface area contributed by atoms with Gasteiger partial charge in [-0.25, -0.2) is 0 Å². The minimum Gasteiger partial charge on any atom is -0.129 e. The molecule has 7 heavy (non-hydrogen) atoms. The van der Waals surface area contributed by atoms with E-state index in [1.807, 2.05) is 11.7 Å². The standard InChI is InChI=1S/C6H8S/c1-3-4-5-6-7-2/h3-4,6H,1H2,2H3. The maximum absolute atomic E-state index is 3.49. The minimum atomic E-state index is 1.63. The van der Waals surface area contributed by atoms with Crippen molar-refractivity contribution in [2.75, 3.05) is 6.26 Å². The predicted octanol–water partition coefficient (Wildman–Crippen LogP) is 2.20. The summed E-state index contributed by atoms with van der Waals surface area (Å²) < 4.78 is 0. The Morgan fingerprint density at radius 3 is 2.86 bits per heavy atom. The van der Waals surface area contributed by atoms with E-state index in [-0.39, 0.29) is 0 Å². The van der Waals surface area contributed by atoms with Crippen LogP contribution in [0.1, 0.15) is 0 Å². The Morgan fingerprint density at radius 1 is 1.71 bits per heavy atom. The molecule has 0 aliphatic carbocycles. The van der Waals surface area contributed by atoms with Gasteiger partial charge < -0.3 is 0 Å². The average molecular weight is 112 g/mol. The second kappa shape index (κ2) is 5.61. The van der Waals surface area contributed by atoms with Gasteiger partial charge in [0.1, 0.15) is 0 Å². The SMILES string of the molecule is C=CC=C=CSC. The highest BCUT2D eigenvalue weighted by atomic mass is 32.2. The number of thioether (sulfide) groups is 1. The third-order valence-electron chi connectivity index (χ3n) is 0.400. The van der Waals surface area contributed by atoms with Crippen LogP contribution in [0.15, 0.2) is 29.9 Å². The van der Waals surface area contributed by atoms with E-state index in [9.17, 15) is 0 Å².